The Hall–Kier alpha value is -1.14. The molecule has 42 heavy (non-hydrogen) atoms. The van der Waals surface area contributed by atoms with Gasteiger partial charge in [-0.1, -0.05) is 98.8 Å². The van der Waals surface area contributed by atoms with Gasteiger partial charge in [0.15, 0.2) is 0 Å². The van der Waals surface area contributed by atoms with E-state index in [0.29, 0.717) is 0 Å². The van der Waals surface area contributed by atoms with Gasteiger partial charge in [-0.15, -0.1) is 0 Å². The second-order valence-corrected chi connectivity index (χ2v) is 12.6. The van der Waals surface area contributed by atoms with Crippen molar-refractivity contribution in [3.63, 3.8) is 0 Å². The van der Waals surface area contributed by atoms with Crippen molar-refractivity contribution < 1.29 is 0 Å². The topological polar surface area (TPSA) is 48.1 Å². The average molecular weight is 620 g/mol. The van der Waals surface area contributed by atoms with Gasteiger partial charge in [-0.25, -0.2) is 0 Å². The Morgan fingerprint density at radius 3 is 0.833 bits per heavy atom. The monoisotopic (exact) mass is 618 g/mol. The van der Waals surface area contributed by atoms with Crippen molar-refractivity contribution in [1.29, 1.82) is 0 Å². The number of hydrogen-bond acceptors (Lipinski definition) is 4. The minimum Gasteiger partial charge on any atom is -0.317 e. The van der Waals surface area contributed by atoms with E-state index in [4.69, 9.17) is 23.2 Å². The van der Waals surface area contributed by atoms with E-state index in [0.717, 1.165) is 49.1 Å². The largest absolute Gasteiger partial charge is 0.317 e. The summed E-state index contributed by atoms with van der Waals surface area (Å²) < 4.78 is 0. The summed E-state index contributed by atoms with van der Waals surface area (Å²) in [6.07, 6.45) is 20.8. The second kappa shape index (κ2) is 27.4. The first kappa shape index (κ1) is 37.0. The van der Waals surface area contributed by atoms with E-state index in [1.54, 1.807) is 0 Å². The van der Waals surface area contributed by atoms with Gasteiger partial charge in [-0.05, 0) is 139 Å². The van der Waals surface area contributed by atoms with Crippen molar-refractivity contribution in [2.75, 3.05) is 52.4 Å². The van der Waals surface area contributed by atoms with Gasteiger partial charge in [-0.2, -0.15) is 0 Å². The number of hydrogen-bond donors (Lipinski definition) is 4. The molecule has 2 aromatic rings. The molecule has 0 unspecified atom stereocenters. The SMILES string of the molecule is Clc1ccc(CCNCCCCCCNCCCCCCCCNCCCCCCNCCc2ccc(Cl)cc2)cc1. The lowest BCUT2D eigenvalue weighted by Crippen LogP contribution is -2.19. The third-order valence-corrected chi connectivity index (χ3v) is 8.38. The van der Waals surface area contributed by atoms with Crippen molar-refractivity contribution in [2.24, 2.45) is 0 Å². The predicted molar refractivity (Wildman–Crippen MR) is 186 cm³/mol. The summed E-state index contributed by atoms with van der Waals surface area (Å²) in [6, 6.07) is 16.4. The lowest BCUT2D eigenvalue weighted by Gasteiger charge is -2.07. The highest BCUT2D eigenvalue weighted by molar-refractivity contribution is 6.30. The Labute approximate surface area is 268 Å². The normalized spacial score (nSPS) is 11.4. The van der Waals surface area contributed by atoms with E-state index in [1.165, 1.54) is 127 Å². The lowest BCUT2D eigenvalue weighted by atomic mass is 10.1. The number of halogens is 2. The van der Waals surface area contributed by atoms with E-state index >= 15 is 0 Å². The molecule has 6 heteroatoms. The van der Waals surface area contributed by atoms with E-state index in [2.05, 4.69) is 45.5 Å². The summed E-state index contributed by atoms with van der Waals surface area (Å²) in [7, 11) is 0. The summed E-state index contributed by atoms with van der Waals surface area (Å²) in [4.78, 5) is 0. The van der Waals surface area contributed by atoms with Crippen molar-refractivity contribution in [3.8, 4) is 0 Å². The Morgan fingerprint density at radius 2 is 0.548 bits per heavy atom. The molecule has 0 aliphatic heterocycles. The van der Waals surface area contributed by atoms with Crippen LogP contribution in [0.2, 0.25) is 10.0 Å². The molecule has 0 amide bonds. The van der Waals surface area contributed by atoms with Crippen LogP contribution < -0.4 is 21.3 Å². The van der Waals surface area contributed by atoms with Crippen LogP contribution in [-0.4, -0.2) is 52.4 Å². The molecule has 4 N–H and O–H groups in total. The zero-order valence-electron chi connectivity index (χ0n) is 26.3. The summed E-state index contributed by atoms with van der Waals surface area (Å²) in [5.74, 6) is 0. The van der Waals surface area contributed by atoms with Crippen LogP contribution in [0.1, 0.15) is 101 Å². The maximum absolute atomic E-state index is 5.94. The van der Waals surface area contributed by atoms with Crippen LogP contribution in [0.3, 0.4) is 0 Å². The van der Waals surface area contributed by atoms with Crippen LogP contribution in [0, 0.1) is 0 Å². The molecule has 0 aromatic heterocycles. The fourth-order valence-corrected chi connectivity index (χ4v) is 5.43. The fourth-order valence-electron chi connectivity index (χ4n) is 5.18. The highest BCUT2D eigenvalue weighted by atomic mass is 35.5. The summed E-state index contributed by atoms with van der Waals surface area (Å²) in [6.45, 7) is 9.09. The number of benzene rings is 2. The molecular formula is C36H60Cl2N4. The zero-order valence-corrected chi connectivity index (χ0v) is 27.9. The van der Waals surface area contributed by atoms with Gasteiger partial charge in [-0.3, -0.25) is 0 Å². The van der Waals surface area contributed by atoms with Crippen molar-refractivity contribution in [2.45, 2.75) is 103 Å². The molecular weight excluding hydrogens is 559 g/mol. The molecule has 4 nitrogen and oxygen atoms in total. The van der Waals surface area contributed by atoms with Gasteiger partial charge in [0.2, 0.25) is 0 Å². The fraction of sp³-hybridized carbons (Fsp3) is 0.667. The highest BCUT2D eigenvalue weighted by Gasteiger charge is 1.97. The van der Waals surface area contributed by atoms with E-state index < -0.39 is 0 Å². The average Bonchev–Trinajstić information content (AvgIpc) is 3.00. The molecule has 0 saturated carbocycles. The van der Waals surface area contributed by atoms with E-state index in [9.17, 15) is 0 Å². The first-order chi connectivity index (χ1) is 20.7. The summed E-state index contributed by atoms with van der Waals surface area (Å²) in [5, 5.41) is 16.0. The first-order valence-corrected chi connectivity index (χ1v) is 17.8. The maximum atomic E-state index is 5.94. The van der Waals surface area contributed by atoms with Gasteiger partial charge in [0, 0.05) is 10.0 Å². The van der Waals surface area contributed by atoms with Crippen LogP contribution in [0.15, 0.2) is 48.5 Å². The van der Waals surface area contributed by atoms with Gasteiger partial charge in [0.25, 0.3) is 0 Å². The Bertz CT molecular complexity index is 773. The molecule has 0 atom stereocenters. The molecule has 0 saturated heterocycles. The standard InChI is InChI=1S/C36H60Cl2N4/c37-35-19-15-33(16-20-35)23-31-41-29-13-7-5-11-27-39-25-9-3-1-2-4-10-26-40-28-12-6-8-14-30-42-32-24-34-17-21-36(38)22-18-34/h15-22,39-42H,1-14,23-32H2. The molecule has 0 radical (unpaired) electrons. The highest BCUT2D eigenvalue weighted by Crippen LogP contribution is 2.11. The lowest BCUT2D eigenvalue weighted by molar-refractivity contribution is 0.527. The van der Waals surface area contributed by atoms with Gasteiger partial charge < -0.3 is 21.3 Å². The number of unbranched alkanes of at least 4 members (excludes halogenated alkanes) is 11. The maximum Gasteiger partial charge on any atom is 0.0406 e. The Balaban J connectivity index is 1.17. The number of nitrogens with one attached hydrogen (secondary N) is 4. The molecule has 0 bridgehead atoms. The molecule has 2 rings (SSSR count). The first-order valence-electron chi connectivity index (χ1n) is 17.1. The van der Waals surface area contributed by atoms with E-state index in [1.807, 2.05) is 24.3 Å². The minimum atomic E-state index is 0.815. The quantitative estimate of drug-likeness (QED) is 0.0689. The van der Waals surface area contributed by atoms with Crippen molar-refractivity contribution >= 4 is 23.2 Å². The number of rotatable bonds is 29. The predicted octanol–water partition coefficient (Wildman–Crippen LogP) is 8.60. The van der Waals surface area contributed by atoms with Crippen LogP contribution in [0.5, 0.6) is 0 Å². The van der Waals surface area contributed by atoms with Crippen molar-refractivity contribution in [3.05, 3.63) is 69.7 Å². The zero-order chi connectivity index (χ0) is 29.8. The minimum absolute atomic E-state index is 0.815. The third-order valence-electron chi connectivity index (χ3n) is 7.88. The summed E-state index contributed by atoms with van der Waals surface area (Å²) >= 11 is 11.9. The smallest absolute Gasteiger partial charge is 0.0406 e. The van der Waals surface area contributed by atoms with Gasteiger partial charge in [0.05, 0.1) is 0 Å². The third kappa shape index (κ3) is 22.4. The van der Waals surface area contributed by atoms with Gasteiger partial charge >= 0.3 is 0 Å². The van der Waals surface area contributed by atoms with Crippen molar-refractivity contribution in [1.82, 2.24) is 21.3 Å². The van der Waals surface area contributed by atoms with Crippen LogP contribution in [0.4, 0.5) is 0 Å². The Morgan fingerprint density at radius 1 is 0.310 bits per heavy atom. The van der Waals surface area contributed by atoms with E-state index in [-0.39, 0.29) is 0 Å². The molecule has 0 heterocycles. The molecule has 0 fully saturated rings. The molecule has 238 valence electrons. The molecule has 0 spiro atoms. The Kier molecular flexibility index (Phi) is 24.2. The second-order valence-electron chi connectivity index (χ2n) is 11.7. The molecule has 0 aliphatic carbocycles. The van der Waals surface area contributed by atoms with Gasteiger partial charge in [0.1, 0.15) is 0 Å². The van der Waals surface area contributed by atoms with Crippen LogP contribution in [-0.2, 0) is 12.8 Å². The van der Waals surface area contributed by atoms with Crippen LogP contribution in [0.25, 0.3) is 0 Å². The molecule has 2 aromatic carbocycles. The summed E-state index contributed by atoms with van der Waals surface area (Å²) in [5.41, 5.74) is 2.70. The molecule has 0 aliphatic rings. The van der Waals surface area contributed by atoms with Crippen LogP contribution >= 0.6 is 23.2 Å².